The van der Waals surface area contributed by atoms with Crippen LogP contribution in [0.15, 0.2) is 59.5 Å². The van der Waals surface area contributed by atoms with Crippen molar-refractivity contribution < 1.29 is 19.1 Å². The van der Waals surface area contributed by atoms with Crippen LogP contribution in [0.1, 0.15) is 23.4 Å². The van der Waals surface area contributed by atoms with Gasteiger partial charge in [0.2, 0.25) is 11.8 Å². The third kappa shape index (κ3) is 6.27. The molecule has 1 aliphatic rings. The van der Waals surface area contributed by atoms with E-state index in [1.54, 1.807) is 16.7 Å². The molecule has 8 heteroatoms. The summed E-state index contributed by atoms with van der Waals surface area (Å²) in [6.45, 7) is 1.94. The molecule has 2 amide bonds. The highest BCUT2D eigenvalue weighted by molar-refractivity contribution is 8.00. The van der Waals surface area contributed by atoms with E-state index in [9.17, 15) is 14.4 Å². The fourth-order valence-electron chi connectivity index (χ4n) is 2.97. The lowest BCUT2D eigenvalue weighted by atomic mass is 10.2. The Morgan fingerprint density at radius 2 is 1.90 bits per heavy atom. The van der Waals surface area contributed by atoms with Gasteiger partial charge in [-0.2, -0.15) is 0 Å². The summed E-state index contributed by atoms with van der Waals surface area (Å²) in [7, 11) is 0. The normalized spacial score (nSPS) is 15.8. The average molecular weight is 445 g/mol. The number of carbonyl (C=O) groups is 3. The predicted octanol–water partition coefficient (Wildman–Crippen LogP) is 3.23. The van der Waals surface area contributed by atoms with Crippen molar-refractivity contribution in [2.24, 2.45) is 0 Å². The molecule has 2 aromatic carbocycles. The highest BCUT2D eigenvalue weighted by atomic mass is 32.2. The van der Waals surface area contributed by atoms with Crippen molar-refractivity contribution in [3.63, 3.8) is 0 Å². The highest BCUT2D eigenvalue weighted by Gasteiger charge is 2.34. The smallest absolute Gasteiger partial charge is 0.325 e. The summed E-state index contributed by atoms with van der Waals surface area (Å²) in [6, 6.07) is 17.4. The summed E-state index contributed by atoms with van der Waals surface area (Å²) < 4.78 is 5.15. The number of amides is 2. The summed E-state index contributed by atoms with van der Waals surface area (Å²) >= 11 is 3.26. The van der Waals surface area contributed by atoms with Gasteiger partial charge in [-0.1, -0.05) is 49.4 Å². The molecule has 158 valence electrons. The van der Waals surface area contributed by atoms with E-state index in [1.807, 2.05) is 54.6 Å². The number of benzene rings is 2. The first-order valence-electron chi connectivity index (χ1n) is 9.67. The topological polar surface area (TPSA) is 75.7 Å². The van der Waals surface area contributed by atoms with Gasteiger partial charge in [0.25, 0.3) is 0 Å². The zero-order valence-electron chi connectivity index (χ0n) is 16.7. The molecule has 3 rings (SSSR count). The maximum absolute atomic E-state index is 12.3. The minimum Gasteiger partial charge on any atom is -0.460 e. The van der Waals surface area contributed by atoms with E-state index in [2.05, 4.69) is 12.2 Å². The van der Waals surface area contributed by atoms with Gasteiger partial charge < -0.3 is 15.0 Å². The van der Waals surface area contributed by atoms with Crippen molar-refractivity contribution >= 4 is 41.3 Å². The molecule has 1 unspecified atom stereocenters. The van der Waals surface area contributed by atoms with E-state index in [0.29, 0.717) is 5.75 Å². The molecule has 0 radical (unpaired) electrons. The standard InChI is InChI=1S/C22H24N2O4S2/c1-2-29-18-10-8-17(9-11-18)22-24(20(26)15-30-22)13-19(25)23-12-21(27)28-14-16-6-4-3-5-7-16/h3-11,22H,2,12-15H2,1H3,(H,23,25). The number of rotatable bonds is 9. The van der Waals surface area contributed by atoms with Crippen molar-refractivity contribution in [3.8, 4) is 0 Å². The summed E-state index contributed by atoms with van der Waals surface area (Å²) in [5, 5.41) is 2.34. The van der Waals surface area contributed by atoms with Crippen LogP contribution in [0.5, 0.6) is 0 Å². The molecule has 0 aromatic heterocycles. The van der Waals surface area contributed by atoms with Crippen molar-refractivity contribution in [1.29, 1.82) is 0 Å². The van der Waals surface area contributed by atoms with Crippen LogP contribution in [0.2, 0.25) is 0 Å². The maximum atomic E-state index is 12.3. The Morgan fingerprint density at radius 1 is 1.17 bits per heavy atom. The van der Waals surface area contributed by atoms with E-state index < -0.39 is 5.97 Å². The third-order valence-electron chi connectivity index (χ3n) is 4.43. The minimum absolute atomic E-state index is 0.0844. The van der Waals surface area contributed by atoms with E-state index >= 15 is 0 Å². The number of carbonyl (C=O) groups excluding carboxylic acids is 3. The van der Waals surface area contributed by atoms with E-state index in [0.717, 1.165) is 16.9 Å². The summed E-state index contributed by atoms with van der Waals surface area (Å²) in [6.07, 6.45) is 0. The quantitative estimate of drug-likeness (QED) is 0.473. The Balaban J connectivity index is 1.49. The van der Waals surface area contributed by atoms with Gasteiger partial charge >= 0.3 is 5.97 Å². The average Bonchev–Trinajstić information content (AvgIpc) is 3.12. The summed E-state index contributed by atoms with van der Waals surface area (Å²) in [5.74, 6) is 0.345. The van der Waals surface area contributed by atoms with Crippen molar-refractivity contribution in [3.05, 3.63) is 65.7 Å². The monoisotopic (exact) mass is 444 g/mol. The first kappa shape index (κ1) is 22.2. The Bertz CT molecular complexity index is 874. The van der Waals surface area contributed by atoms with Gasteiger partial charge in [-0.3, -0.25) is 14.4 Å². The SMILES string of the molecule is CCSc1ccc(C2SCC(=O)N2CC(=O)NCC(=O)OCc2ccccc2)cc1. The Labute approximate surface area is 184 Å². The van der Waals surface area contributed by atoms with Crippen LogP contribution in [0.3, 0.4) is 0 Å². The van der Waals surface area contributed by atoms with Gasteiger partial charge in [0, 0.05) is 4.90 Å². The Kier molecular flexibility index (Phi) is 8.21. The van der Waals surface area contributed by atoms with Crippen LogP contribution in [-0.4, -0.2) is 47.3 Å². The molecule has 1 N–H and O–H groups in total. The molecular weight excluding hydrogens is 420 g/mol. The van der Waals surface area contributed by atoms with Crippen molar-refractivity contribution in [2.75, 3.05) is 24.6 Å². The predicted molar refractivity (Wildman–Crippen MR) is 119 cm³/mol. The van der Waals surface area contributed by atoms with Gasteiger partial charge in [-0.05, 0) is 29.0 Å². The Hall–Kier alpha value is -2.45. The van der Waals surface area contributed by atoms with Gasteiger partial charge in [0.05, 0.1) is 5.75 Å². The Morgan fingerprint density at radius 3 is 2.60 bits per heavy atom. The molecule has 2 aromatic rings. The fraction of sp³-hybridized carbons (Fsp3) is 0.318. The van der Waals surface area contributed by atoms with Gasteiger partial charge in [0.1, 0.15) is 25.1 Å². The molecule has 30 heavy (non-hydrogen) atoms. The number of hydrogen-bond acceptors (Lipinski definition) is 6. The molecular formula is C22H24N2O4S2. The van der Waals surface area contributed by atoms with Crippen molar-refractivity contribution in [2.45, 2.75) is 23.8 Å². The molecule has 0 bridgehead atoms. The lowest BCUT2D eigenvalue weighted by molar-refractivity contribution is -0.145. The molecule has 6 nitrogen and oxygen atoms in total. The second-order valence-corrected chi connectivity index (χ2v) is 9.02. The molecule has 0 spiro atoms. The molecule has 0 saturated carbocycles. The number of nitrogens with zero attached hydrogens (tertiary/aromatic N) is 1. The molecule has 1 heterocycles. The van der Waals surface area contributed by atoms with Gasteiger partial charge in [0.15, 0.2) is 0 Å². The number of esters is 1. The number of thioether (sulfide) groups is 2. The summed E-state index contributed by atoms with van der Waals surface area (Å²) in [5.41, 5.74) is 1.87. The summed E-state index contributed by atoms with van der Waals surface area (Å²) in [4.78, 5) is 39.2. The maximum Gasteiger partial charge on any atom is 0.325 e. The fourth-order valence-corrected chi connectivity index (χ4v) is 4.82. The zero-order valence-corrected chi connectivity index (χ0v) is 18.3. The van der Waals surface area contributed by atoms with E-state index in [4.69, 9.17) is 4.74 Å². The van der Waals surface area contributed by atoms with Gasteiger partial charge in [-0.15, -0.1) is 23.5 Å². The van der Waals surface area contributed by atoms with Crippen LogP contribution < -0.4 is 5.32 Å². The number of hydrogen-bond donors (Lipinski definition) is 1. The first-order chi connectivity index (χ1) is 14.6. The van der Waals surface area contributed by atoms with Crippen LogP contribution in [0, 0.1) is 0 Å². The lowest BCUT2D eigenvalue weighted by Crippen LogP contribution is -2.41. The van der Waals surface area contributed by atoms with Crippen molar-refractivity contribution in [1.82, 2.24) is 10.2 Å². The molecule has 1 fully saturated rings. The zero-order chi connectivity index (χ0) is 21.3. The van der Waals surface area contributed by atoms with E-state index in [-0.39, 0.29) is 36.9 Å². The van der Waals surface area contributed by atoms with Crippen LogP contribution >= 0.6 is 23.5 Å². The molecule has 1 atom stereocenters. The minimum atomic E-state index is -0.519. The molecule has 0 aliphatic carbocycles. The third-order valence-corrected chi connectivity index (χ3v) is 6.58. The number of nitrogens with one attached hydrogen (secondary N) is 1. The van der Waals surface area contributed by atoms with Crippen LogP contribution in [0.25, 0.3) is 0 Å². The highest BCUT2D eigenvalue weighted by Crippen LogP contribution is 2.38. The van der Waals surface area contributed by atoms with Gasteiger partial charge in [-0.25, -0.2) is 0 Å². The second-order valence-electron chi connectivity index (χ2n) is 6.61. The van der Waals surface area contributed by atoms with E-state index in [1.165, 1.54) is 16.7 Å². The first-order valence-corrected chi connectivity index (χ1v) is 11.7. The van der Waals surface area contributed by atoms with Crippen LogP contribution in [-0.2, 0) is 25.7 Å². The largest absolute Gasteiger partial charge is 0.460 e. The lowest BCUT2D eigenvalue weighted by Gasteiger charge is -2.23. The van der Waals surface area contributed by atoms with Crippen LogP contribution in [0.4, 0.5) is 0 Å². The second kappa shape index (κ2) is 11.1. The number of ether oxygens (including phenoxy) is 1. The molecule has 1 aliphatic heterocycles. The molecule has 1 saturated heterocycles.